The predicted molar refractivity (Wildman–Crippen MR) is 55.4 cm³/mol. The third kappa shape index (κ3) is 4.39. The topological polar surface area (TPSA) is 113 Å². The average Bonchev–Trinajstić information content (AvgIpc) is 2.76. The first-order valence-corrected chi connectivity index (χ1v) is 5.37. The van der Waals surface area contributed by atoms with Gasteiger partial charge in [-0.05, 0) is 19.3 Å². The largest absolute Gasteiger partial charge is 0.481 e. The maximum absolute atomic E-state index is 11.6. The second-order valence-corrected chi connectivity index (χ2v) is 3.83. The number of rotatable bonds is 6. The van der Waals surface area contributed by atoms with Crippen LogP contribution in [-0.2, 0) is 19.1 Å². The Bertz CT molecular complexity index is 310. The molecule has 1 rings (SSSR count). The molecule has 2 atom stereocenters. The quantitative estimate of drug-likeness (QED) is 0.586. The molecule has 0 aromatic rings. The zero-order valence-corrected chi connectivity index (χ0v) is 9.22. The van der Waals surface area contributed by atoms with Gasteiger partial charge in [0.15, 0.2) is 0 Å². The van der Waals surface area contributed by atoms with Crippen LogP contribution in [0.25, 0.3) is 0 Å². The van der Waals surface area contributed by atoms with Crippen molar-refractivity contribution >= 4 is 17.8 Å². The minimum atomic E-state index is -1.24. The minimum absolute atomic E-state index is 0.136. The van der Waals surface area contributed by atoms with Crippen LogP contribution < -0.4 is 5.32 Å². The highest BCUT2D eigenvalue weighted by atomic mass is 16.5. The van der Waals surface area contributed by atoms with Crippen LogP contribution in [0, 0.1) is 0 Å². The number of ether oxygens (including phenoxy) is 1. The zero-order chi connectivity index (χ0) is 12.8. The highest BCUT2D eigenvalue weighted by Gasteiger charge is 2.28. The first-order valence-electron chi connectivity index (χ1n) is 5.37. The molecule has 1 aliphatic heterocycles. The molecular formula is C10H15NO6. The fourth-order valence-electron chi connectivity index (χ4n) is 1.57. The van der Waals surface area contributed by atoms with Gasteiger partial charge in [-0.1, -0.05) is 0 Å². The Morgan fingerprint density at radius 1 is 1.35 bits per heavy atom. The molecule has 1 heterocycles. The van der Waals surface area contributed by atoms with Crippen molar-refractivity contribution in [2.75, 3.05) is 6.61 Å². The van der Waals surface area contributed by atoms with Crippen LogP contribution in [0.1, 0.15) is 25.7 Å². The van der Waals surface area contributed by atoms with Crippen LogP contribution in [0.15, 0.2) is 0 Å². The number of carboxylic acids is 2. The molecule has 1 saturated heterocycles. The SMILES string of the molecule is O=C(O)CC[C@@H](NC(=O)[C@H]1CCCO1)C(=O)O. The van der Waals surface area contributed by atoms with Crippen LogP contribution in [0.2, 0.25) is 0 Å². The van der Waals surface area contributed by atoms with Crippen molar-refractivity contribution in [2.45, 2.75) is 37.8 Å². The first kappa shape index (κ1) is 13.4. The van der Waals surface area contributed by atoms with Crippen molar-refractivity contribution in [3.63, 3.8) is 0 Å². The molecule has 0 saturated carbocycles. The molecule has 7 nitrogen and oxygen atoms in total. The summed E-state index contributed by atoms with van der Waals surface area (Å²) >= 11 is 0. The number of hydrogen-bond acceptors (Lipinski definition) is 4. The van der Waals surface area contributed by atoms with E-state index in [1.54, 1.807) is 0 Å². The molecule has 0 radical (unpaired) electrons. The summed E-state index contributed by atoms with van der Waals surface area (Å²) in [5.41, 5.74) is 0. The zero-order valence-electron chi connectivity index (χ0n) is 9.22. The standard InChI is InChI=1S/C10H15NO6/c12-8(13)4-3-6(10(15)16)11-9(14)7-2-1-5-17-7/h6-7H,1-5H2,(H,11,14)(H,12,13)(H,15,16)/t6-,7-/m1/s1. The van der Waals surface area contributed by atoms with Gasteiger partial charge in [0.05, 0.1) is 0 Å². The summed E-state index contributed by atoms with van der Waals surface area (Å²) in [4.78, 5) is 32.7. The Morgan fingerprint density at radius 3 is 2.53 bits per heavy atom. The lowest BCUT2D eigenvalue weighted by Gasteiger charge is -2.16. The Labute approximate surface area is 97.8 Å². The molecule has 0 aromatic carbocycles. The van der Waals surface area contributed by atoms with Crippen molar-refractivity contribution in [3.8, 4) is 0 Å². The van der Waals surface area contributed by atoms with Gasteiger partial charge in [0.2, 0.25) is 5.91 Å². The van der Waals surface area contributed by atoms with Crippen LogP contribution in [0.4, 0.5) is 0 Å². The Morgan fingerprint density at radius 2 is 2.06 bits per heavy atom. The van der Waals surface area contributed by atoms with Gasteiger partial charge >= 0.3 is 11.9 Å². The molecule has 1 fully saturated rings. The molecule has 96 valence electrons. The molecule has 1 aliphatic rings. The van der Waals surface area contributed by atoms with E-state index in [2.05, 4.69) is 5.32 Å². The van der Waals surface area contributed by atoms with Crippen LogP contribution >= 0.6 is 0 Å². The number of amides is 1. The monoisotopic (exact) mass is 245 g/mol. The van der Waals surface area contributed by atoms with Crippen LogP contribution in [0.3, 0.4) is 0 Å². The number of carbonyl (C=O) groups excluding carboxylic acids is 1. The summed E-state index contributed by atoms with van der Waals surface area (Å²) in [7, 11) is 0. The lowest BCUT2D eigenvalue weighted by atomic mass is 10.1. The highest BCUT2D eigenvalue weighted by Crippen LogP contribution is 2.12. The van der Waals surface area contributed by atoms with Crippen molar-refractivity contribution in [3.05, 3.63) is 0 Å². The van der Waals surface area contributed by atoms with Gasteiger partial charge < -0.3 is 20.3 Å². The molecular weight excluding hydrogens is 230 g/mol. The molecule has 0 spiro atoms. The Kier molecular flexibility index (Phi) is 4.89. The number of carboxylic acid groups (broad SMARTS) is 2. The van der Waals surface area contributed by atoms with Gasteiger partial charge in [-0.3, -0.25) is 9.59 Å². The van der Waals surface area contributed by atoms with E-state index >= 15 is 0 Å². The molecule has 0 unspecified atom stereocenters. The van der Waals surface area contributed by atoms with Gasteiger partial charge in [0.1, 0.15) is 12.1 Å². The third-order valence-corrected chi connectivity index (χ3v) is 2.48. The van der Waals surface area contributed by atoms with Crippen molar-refractivity contribution in [2.24, 2.45) is 0 Å². The number of hydrogen-bond donors (Lipinski definition) is 3. The number of carbonyl (C=O) groups is 3. The fourth-order valence-corrected chi connectivity index (χ4v) is 1.57. The summed E-state index contributed by atoms with van der Waals surface area (Å²) in [6.45, 7) is 0.491. The van der Waals surface area contributed by atoms with E-state index in [4.69, 9.17) is 14.9 Å². The lowest BCUT2D eigenvalue weighted by molar-refractivity contribution is -0.144. The average molecular weight is 245 g/mol. The minimum Gasteiger partial charge on any atom is -0.481 e. The fraction of sp³-hybridized carbons (Fsp3) is 0.700. The second-order valence-electron chi connectivity index (χ2n) is 3.83. The maximum Gasteiger partial charge on any atom is 0.326 e. The van der Waals surface area contributed by atoms with Crippen molar-refractivity contribution in [1.29, 1.82) is 0 Å². The molecule has 0 bridgehead atoms. The molecule has 0 aliphatic carbocycles. The smallest absolute Gasteiger partial charge is 0.326 e. The molecule has 3 N–H and O–H groups in total. The van der Waals surface area contributed by atoms with E-state index in [0.29, 0.717) is 13.0 Å². The molecule has 1 amide bonds. The highest BCUT2D eigenvalue weighted by molar-refractivity contribution is 5.86. The van der Waals surface area contributed by atoms with E-state index in [1.807, 2.05) is 0 Å². The van der Waals surface area contributed by atoms with E-state index in [1.165, 1.54) is 0 Å². The Balaban J connectivity index is 2.44. The second kappa shape index (κ2) is 6.19. The maximum atomic E-state index is 11.6. The van der Waals surface area contributed by atoms with E-state index < -0.39 is 30.0 Å². The molecule has 0 aromatic heterocycles. The van der Waals surface area contributed by atoms with Crippen LogP contribution in [0.5, 0.6) is 0 Å². The number of nitrogens with one attached hydrogen (secondary N) is 1. The first-order chi connectivity index (χ1) is 8.00. The van der Waals surface area contributed by atoms with E-state index in [9.17, 15) is 14.4 Å². The van der Waals surface area contributed by atoms with Gasteiger partial charge in [0, 0.05) is 13.0 Å². The predicted octanol–water partition coefficient (Wildman–Crippen LogP) is -0.400. The van der Waals surface area contributed by atoms with Gasteiger partial charge in [-0.2, -0.15) is 0 Å². The molecule has 17 heavy (non-hydrogen) atoms. The van der Waals surface area contributed by atoms with E-state index in [-0.39, 0.29) is 12.8 Å². The lowest BCUT2D eigenvalue weighted by Crippen LogP contribution is -2.45. The summed E-state index contributed by atoms with van der Waals surface area (Å²) in [5.74, 6) is -2.82. The molecule has 7 heteroatoms. The van der Waals surface area contributed by atoms with E-state index in [0.717, 1.165) is 6.42 Å². The van der Waals surface area contributed by atoms with Crippen LogP contribution in [-0.4, -0.2) is 46.8 Å². The Hall–Kier alpha value is -1.63. The van der Waals surface area contributed by atoms with Gasteiger partial charge in [-0.15, -0.1) is 0 Å². The van der Waals surface area contributed by atoms with Gasteiger partial charge in [0.25, 0.3) is 0 Å². The van der Waals surface area contributed by atoms with Crippen molar-refractivity contribution in [1.82, 2.24) is 5.32 Å². The normalized spacial score (nSPS) is 20.8. The van der Waals surface area contributed by atoms with Crippen molar-refractivity contribution < 1.29 is 29.3 Å². The summed E-state index contributed by atoms with van der Waals surface area (Å²) < 4.78 is 5.10. The summed E-state index contributed by atoms with van der Waals surface area (Å²) in [5, 5.41) is 19.6. The summed E-state index contributed by atoms with van der Waals surface area (Å²) in [6, 6.07) is -1.18. The summed E-state index contributed by atoms with van der Waals surface area (Å²) in [6.07, 6.45) is 0.287. The number of aliphatic carboxylic acids is 2. The van der Waals surface area contributed by atoms with Gasteiger partial charge in [-0.25, -0.2) is 4.79 Å². The third-order valence-electron chi connectivity index (χ3n) is 2.48.